The van der Waals surface area contributed by atoms with Crippen molar-refractivity contribution in [3.63, 3.8) is 0 Å². The molecule has 3 rings (SSSR count). The molecule has 9 heteroatoms. The standard InChI is InChI=1S/C20H22ClN3O4S/c1-12(2)11-28-20-17(21)7-14(9-22-20)16-10-24(3)18-8-13(5-6-15(16)18)19(25)23-29(4,26)27/h5-10,12H,11H2,1-4H3,(H,23,25). The first-order valence-electron chi connectivity index (χ1n) is 8.95. The zero-order valence-electron chi connectivity index (χ0n) is 16.6. The van der Waals surface area contributed by atoms with E-state index in [1.165, 1.54) is 0 Å². The van der Waals surface area contributed by atoms with E-state index in [0.29, 0.717) is 23.4 Å². The van der Waals surface area contributed by atoms with Crippen LogP contribution in [0.3, 0.4) is 0 Å². The fourth-order valence-electron chi connectivity index (χ4n) is 2.91. The zero-order valence-corrected chi connectivity index (χ0v) is 18.1. The normalized spacial score (nSPS) is 11.8. The summed E-state index contributed by atoms with van der Waals surface area (Å²) < 4.78 is 32.1. The smallest absolute Gasteiger partial charge is 0.264 e. The van der Waals surface area contributed by atoms with Crippen molar-refractivity contribution in [3.8, 4) is 17.0 Å². The molecule has 2 heterocycles. The van der Waals surface area contributed by atoms with Crippen molar-refractivity contribution in [3.05, 3.63) is 47.2 Å². The molecule has 0 atom stereocenters. The van der Waals surface area contributed by atoms with Crippen LogP contribution in [0.5, 0.6) is 5.88 Å². The first-order valence-corrected chi connectivity index (χ1v) is 11.2. The quantitative estimate of drug-likeness (QED) is 0.638. The van der Waals surface area contributed by atoms with Gasteiger partial charge in [-0.2, -0.15) is 0 Å². The summed E-state index contributed by atoms with van der Waals surface area (Å²) in [6, 6.07) is 6.80. The molecule has 0 fully saturated rings. The Bertz CT molecular complexity index is 1190. The third-order valence-corrected chi connectivity index (χ3v) is 5.03. The number of hydrogen-bond acceptors (Lipinski definition) is 5. The fraction of sp³-hybridized carbons (Fsp3) is 0.300. The van der Waals surface area contributed by atoms with Gasteiger partial charge >= 0.3 is 0 Å². The van der Waals surface area contributed by atoms with Gasteiger partial charge in [-0.25, -0.2) is 18.1 Å². The van der Waals surface area contributed by atoms with Crippen molar-refractivity contribution in [1.82, 2.24) is 14.3 Å². The molecule has 1 amide bonds. The summed E-state index contributed by atoms with van der Waals surface area (Å²) in [7, 11) is -1.79. The van der Waals surface area contributed by atoms with E-state index < -0.39 is 15.9 Å². The Kier molecular flexibility index (Phi) is 5.86. The molecule has 1 aromatic carbocycles. The van der Waals surface area contributed by atoms with Crippen molar-refractivity contribution in [1.29, 1.82) is 0 Å². The molecule has 0 saturated heterocycles. The molecule has 0 aliphatic rings. The predicted molar refractivity (Wildman–Crippen MR) is 114 cm³/mol. The van der Waals surface area contributed by atoms with E-state index in [0.717, 1.165) is 28.3 Å². The second-order valence-corrected chi connectivity index (χ2v) is 9.46. The number of fused-ring (bicyclic) bond motifs is 1. The van der Waals surface area contributed by atoms with Crippen LogP contribution < -0.4 is 9.46 Å². The number of carbonyl (C=O) groups excluding carboxylic acids is 1. The number of amides is 1. The Labute approximate surface area is 174 Å². The van der Waals surface area contributed by atoms with Crippen molar-refractivity contribution < 1.29 is 17.9 Å². The second-order valence-electron chi connectivity index (χ2n) is 7.30. The fourth-order valence-corrected chi connectivity index (χ4v) is 3.58. The van der Waals surface area contributed by atoms with Crippen molar-refractivity contribution >= 4 is 38.4 Å². The number of aryl methyl sites for hydroxylation is 1. The zero-order chi connectivity index (χ0) is 21.3. The van der Waals surface area contributed by atoms with Gasteiger partial charge < -0.3 is 9.30 Å². The van der Waals surface area contributed by atoms with E-state index >= 15 is 0 Å². The number of halogens is 1. The van der Waals surface area contributed by atoms with Crippen molar-refractivity contribution in [2.45, 2.75) is 13.8 Å². The molecule has 0 aliphatic heterocycles. The lowest BCUT2D eigenvalue weighted by Crippen LogP contribution is -2.29. The SMILES string of the molecule is CC(C)COc1ncc(-c2cn(C)c3cc(C(=O)NS(C)(=O)=O)ccc23)cc1Cl. The van der Waals surface area contributed by atoms with E-state index in [1.807, 2.05) is 36.4 Å². The Morgan fingerprint density at radius 1 is 1.31 bits per heavy atom. The predicted octanol–water partition coefficient (Wildman–Crippen LogP) is 3.62. The third kappa shape index (κ3) is 4.89. The number of carbonyl (C=O) groups is 1. The Balaban J connectivity index is 1.97. The summed E-state index contributed by atoms with van der Waals surface area (Å²) in [4.78, 5) is 16.5. The molecule has 7 nitrogen and oxygen atoms in total. The first kappa shape index (κ1) is 21.1. The number of sulfonamides is 1. The highest BCUT2D eigenvalue weighted by Crippen LogP contribution is 2.34. The molecule has 0 saturated carbocycles. The van der Waals surface area contributed by atoms with Gasteiger partial charge in [-0.1, -0.05) is 31.5 Å². The van der Waals surface area contributed by atoms with Crippen LogP contribution in [0, 0.1) is 5.92 Å². The molecule has 1 N–H and O–H groups in total. The van der Waals surface area contributed by atoms with Gasteiger partial charge in [0.05, 0.1) is 12.9 Å². The van der Waals surface area contributed by atoms with E-state index in [2.05, 4.69) is 4.98 Å². The minimum atomic E-state index is -3.63. The van der Waals surface area contributed by atoms with Crippen LogP contribution in [0.15, 0.2) is 36.7 Å². The van der Waals surface area contributed by atoms with Crippen LogP contribution in [0.4, 0.5) is 0 Å². The molecule has 0 bridgehead atoms. The largest absolute Gasteiger partial charge is 0.476 e. The van der Waals surface area contributed by atoms with Gasteiger partial charge in [-0.3, -0.25) is 4.79 Å². The van der Waals surface area contributed by atoms with E-state index in [4.69, 9.17) is 16.3 Å². The highest BCUT2D eigenvalue weighted by Gasteiger charge is 2.16. The van der Waals surface area contributed by atoms with Gasteiger partial charge in [0.1, 0.15) is 5.02 Å². The van der Waals surface area contributed by atoms with E-state index in [1.54, 1.807) is 30.5 Å². The number of hydrogen-bond donors (Lipinski definition) is 1. The van der Waals surface area contributed by atoms with Gasteiger partial charge in [-0.15, -0.1) is 0 Å². The molecule has 29 heavy (non-hydrogen) atoms. The number of benzene rings is 1. The van der Waals surface area contributed by atoms with Crippen LogP contribution in [-0.4, -0.2) is 36.7 Å². The Morgan fingerprint density at radius 3 is 2.66 bits per heavy atom. The van der Waals surface area contributed by atoms with Crippen molar-refractivity contribution in [2.24, 2.45) is 13.0 Å². The van der Waals surface area contributed by atoms with Crippen LogP contribution in [-0.2, 0) is 17.1 Å². The molecule has 154 valence electrons. The Morgan fingerprint density at radius 2 is 2.03 bits per heavy atom. The molecule has 3 aromatic rings. The average molecular weight is 436 g/mol. The number of pyridine rings is 1. The first-order chi connectivity index (χ1) is 13.5. The average Bonchev–Trinajstić information content (AvgIpc) is 2.95. The van der Waals surface area contributed by atoms with E-state index in [-0.39, 0.29) is 5.56 Å². The number of nitrogens with one attached hydrogen (secondary N) is 1. The molecule has 0 spiro atoms. The topological polar surface area (TPSA) is 90.3 Å². The van der Waals surface area contributed by atoms with Crippen LogP contribution >= 0.6 is 11.6 Å². The minimum absolute atomic E-state index is 0.254. The lowest BCUT2D eigenvalue weighted by atomic mass is 10.0. The van der Waals surface area contributed by atoms with Gasteiger partial charge in [0, 0.05) is 47.0 Å². The number of aromatic nitrogens is 2. The number of ether oxygens (including phenoxy) is 1. The summed E-state index contributed by atoms with van der Waals surface area (Å²) in [5, 5.41) is 1.31. The highest BCUT2D eigenvalue weighted by atomic mass is 35.5. The summed E-state index contributed by atoms with van der Waals surface area (Å²) in [6.07, 6.45) is 4.54. The lowest BCUT2D eigenvalue weighted by molar-refractivity contribution is 0.0982. The summed E-state index contributed by atoms with van der Waals surface area (Å²) in [5.41, 5.74) is 2.73. The lowest BCUT2D eigenvalue weighted by Gasteiger charge is -2.10. The summed E-state index contributed by atoms with van der Waals surface area (Å²) >= 11 is 6.34. The number of nitrogens with zero attached hydrogens (tertiary/aromatic N) is 2. The molecule has 0 aliphatic carbocycles. The maximum absolute atomic E-state index is 12.1. The van der Waals surface area contributed by atoms with E-state index in [9.17, 15) is 13.2 Å². The van der Waals surface area contributed by atoms with Crippen LogP contribution in [0.25, 0.3) is 22.0 Å². The molecular weight excluding hydrogens is 414 g/mol. The minimum Gasteiger partial charge on any atom is -0.476 e. The molecule has 2 aromatic heterocycles. The van der Waals surface area contributed by atoms with Crippen molar-refractivity contribution in [2.75, 3.05) is 12.9 Å². The van der Waals surface area contributed by atoms with Gasteiger partial charge in [-0.05, 0) is 24.1 Å². The second kappa shape index (κ2) is 8.04. The molecular formula is C20H22ClN3O4S. The molecule has 0 unspecified atom stereocenters. The molecule has 0 radical (unpaired) electrons. The third-order valence-electron chi connectivity index (χ3n) is 4.20. The van der Waals surface area contributed by atoms with Gasteiger partial charge in [0.25, 0.3) is 5.91 Å². The summed E-state index contributed by atoms with van der Waals surface area (Å²) in [6.45, 7) is 4.62. The van der Waals surface area contributed by atoms with Gasteiger partial charge in [0.2, 0.25) is 15.9 Å². The maximum Gasteiger partial charge on any atom is 0.264 e. The Hall–Kier alpha value is -2.58. The maximum atomic E-state index is 12.1. The van der Waals surface area contributed by atoms with Crippen LogP contribution in [0.2, 0.25) is 5.02 Å². The monoisotopic (exact) mass is 435 g/mol. The number of rotatable bonds is 6. The van der Waals surface area contributed by atoms with Gasteiger partial charge in [0.15, 0.2) is 0 Å². The summed E-state index contributed by atoms with van der Waals surface area (Å²) in [5.74, 6) is 0.0808. The highest BCUT2D eigenvalue weighted by molar-refractivity contribution is 7.89. The van der Waals surface area contributed by atoms with Crippen LogP contribution in [0.1, 0.15) is 24.2 Å².